The maximum atomic E-state index is 12.8. The zero-order chi connectivity index (χ0) is 17.9. The molecule has 26 heavy (non-hydrogen) atoms. The lowest BCUT2D eigenvalue weighted by Crippen LogP contribution is -2.43. The second-order valence-electron chi connectivity index (χ2n) is 7.98. The van der Waals surface area contributed by atoms with Crippen LogP contribution in [0.4, 0.5) is 0 Å². The van der Waals surface area contributed by atoms with E-state index in [2.05, 4.69) is 14.9 Å². The molecule has 0 N–H and O–H groups in total. The summed E-state index contributed by atoms with van der Waals surface area (Å²) < 4.78 is 1.97. The summed E-state index contributed by atoms with van der Waals surface area (Å²) in [5.74, 6) is 0. The van der Waals surface area contributed by atoms with E-state index in [0.717, 1.165) is 37.5 Å². The van der Waals surface area contributed by atoms with Crippen LogP contribution in [-0.2, 0) is 0 Å². The lowest BCUT2D eigenvalue weighted by molar-refractivity contribution is 0.116. The number of likely N-dealkylation sites (tertiary alicyclic amines) is 1. The fourth-order valence-corrected chi connectivity index (χ4v) is 4.82. The van der Waals surface area contributed by atoms with Crippen molar-refractivity contribution in [1.29, 1.82) is 0 Å². The van der Waals surface area contributed by atoms with Crippen molar-refractivity contribution < 1.29 is 0 Å². The monoisotopic (exact) mass is 354 g/mol. The highest BCUT2D eigenvalue weighted by Crippen LogP contribution is 2.29. The van der Waals surface area contributed by atoms with Gasteiger partial charge in [0.2, 0.25) is 0 Å². The van der Waals surface area contributed by atoms with E-state index in [1.165, 1.54) is 44.9 Å². The summed E-state index contributed by atoms with van der Waals surface area (Å²) in [4.78, 5) is 24.3. The first-order valence-corrected chi connectivity index (χ1v) is 10.3. The number of rotatable bonds is 2. The molecule has 0 bridgehead atoms. The molecule has 1 aliphatic carbocycles. The predicted molar refractivity (Wildman–Crippen MR) is 104 cm³/mol. The number of aromatic nitrogens is 3. The Kier molecular flexibility index (Phi) is 5.34. The van der Waals surface area contributed by atoms with Gasteiger partial charge in [0.05, 0.1) is 5.52 Å². The van der Waals surface area contributed by atoms with Crippen molar-refractivity contribution in [2.24, 2.45) is 0 Å². The van der Waals surface area contributed by atoms with Crippen molar-refractivity contribution in [3.05, 3.63) is 34.4 Å². The number of hydrogen-bond donors (Lipinski definition) is 0. The zero-order valence-corrected chi connectivity index (χ0v) is 15.9. The average Bonchev–Trinajstić information content (AvgIpc) is 2.63. The molecule has 2 aromatic rings. The van der Waals surface area contributed by atoms with E-state index < -0.39 is 0 Å². The van der Waals surface area contributed by atoms with Crippen molar-refractivity contribution >= 4 is 11.2 Å². The number of aryl methyl sites for hydroxylation is 1. The van der Waals surface area contributed by atoms with Gasteiger partial charge in [0.25, 0.3) is 5.56 Å². The van der Waals surface area contributed by atoms with Crippen molar-refractivity contribution in [3.8, 4) is 0 Å². The summed E-state index contributed by atoms with van der Waals surface area (Å²) in [7, 11) is 0. The standard InChI is InChI=1S/C21H30N4O/c1-16-21(26)25(19-10-7-13-22-20(19)23-16)18-11-14-24(15-12-18)17-8-5-3-2-4-6-9-17/h7,10,13,17-18H,2-6,8-9,11-12,14-15H2,1H3. The van der Waals surface area contributed by atoms with Crippen LogP contribution in [0.5, 0.6) is 0 Å². The first-order chi connectivity index (χ1) is 12.7. The predicted octanol–water partition coefficient (Wildman–Crippen LogP) is 3.85. The van der Waals surface area contributed by atoms with Crippen LogP contribution in [0, 0.1) is 6.92 Å². The van der Waals surface area contributed by atoms with Crippen molar-refractivity contribution in [2.75, 3.05) is 13.1 Å². The summed E-state index contributed by atoms with van der Waals surface area (Å²) in [6.45, 7) is 4.01. The van der Waals surface area contributed by atoms with Gasteiger partial charge in [0.15, 0.2) is 5.65 Å². The Morgan fingerprint density at radius 2 is 1.65 bits per heavy atom. The SMILES string of the molecule is Cc1nc2ncccc2n(C2CCN(C3CCCCCCC3)CC2)c1=O. The van der Waals surface area contributed by atoms with E-state index >= 15 is 0 Å². The van der Waals surface area contributed by atoms with Gasteiger partial charge in [-0.05, 0) is 44.7 Å². The van der Waals surface area contributed by atoms with E-state index in [1.54, 1.807) is 13.1 Å². The fourth-order valence-electron chi connectivity index (χ4n) is 4.82. The summed E-state index contributed by atoms with van der Waals surface area (Å²) in [5.41, 5.74) is 2.17. The number of fused-ring (bicyclic) bond motifs is 1. The molecule has 4 rings (SSSR count). The number of nitrogens with zero attached hydrogens (tertiary/aromatic N) is 4. The Labute approximate surface area is 155 Å². The lowest BCUT2D eigenvalue weighted by Gasteiger charge is -2.39. The van der Waals surface area contributed by atoms with Crippen LogP contribution in [0.1, 0.15) is 69.5 Å². The Balaban J connectivity index is 1.52. The van der Waals surface area contributed by atoms with E-state index in [9.17, 15) is 4.79 Å². The van der Waals surface area contributed by atoms with Crippen LogP contribution in [0.3, 0.4) is 0 Å². The maximum absolute atomic E-state index is 12.8. The Hall–Kier alpha value is -1.75. The van der Waals surface area contributed by atoms with Gasteiger partial charge in [-0.1, -0.05) is 32.1 Å². The van der Waals surface area contributed by atoms with Gasteiger partial charge < -0.3 is 9.47 Å². The third-order valence-corrected chi connectivity index (χ3v) is 6.28. The molecule has 2 fully saturated rings. The van der Waals surface area contributed by atoms with Crippen LogP contribution in [0.2, 0.25) is 0 Å². The van der Waals surface area contributed by atoms with E-state index in [0.29, 0.717) is 11.3 Å². The number of piperidine rings is 1. The van der Waals surface area contributed by atoms with Gasteiger partial charge in [0.1, 0.15) is 5.69 Å². The molecule has 0 aromatic carbocycles. The molecular weight excluding hydrogens is 324 g/mol. The molecule has 5 nitrogen and oxygen atoms in total. The minimum Gasteiger partial charge on any atom is -0.301 e. The van der Waals surface area contributed by atoms with Crippen molar-refractivity contribution in [2.45, 2.75) is 76.8 Å². The van der Waals surface area contributed by atoms with Crippen LogP contribution in [-0.4, -0.2) is 38.6 Å². The van der Waals surface area contributed by atoms with Crippen LogP contribution in [0.25, 0.3) is 11.2 Å². The van der Waals surface area contributed by atoms with Crippen LogP contribution in [0.15, 0.2) is 23.1 Å². The van der Waals surface area contributed by atoms with E-state index in [-0.39, 0.29) is 11.6 Å². The first kappa shape index (κ1) is 17.7. The molecule has 5 heteroatoms. The van der Waals surface area contributed by atoms with Crippen molar-refractivity contribution in [3.63, 3.8) is 0 Å². The first-order valence-electron chi connectivity index (χ1n) is 10.3. The van der Waals surface area contributed by atoms with Crippen LogP contribution >= 0.6 is 0 Å². The van der Waals surface area contributed by atoms with E-state index in [1.807, 2.05) is 16.7 Å². The Morgan fingerprint density at radius 1 is 0.962 bits per heavy atom. The average molecular weight is 354 g/mol. The molecule has 1 saturated carbocycles. The summed E-state index contributed by atoms with van der Waals surface area (Å²) in [6, 6.07) is 4.90. The summed E-state index contributed by atoms with van der Waals surface area (Å²) in [5, 5.41) is 0. The Bertz CT molecular complexity index is 799. The minimum atomic E-state index is 0.0508. The highest BCUT2D eigenvalue weighted by Gasteiger charge is 2.27. The third kappa shape index (κ3) is 3.54. The Morgan fingerprint density at radius 3 is 2.38 bits per heavy atom. The van der Waals surface area contributed by atoms with Gasteiger partial charge in [-0.2, -0.15) is 0 Å². The molecule has 2 aliphatic rings. The molecule has 0 unspecified atom stereocenters. The molecule has 3 heterocycles. The van der Waals surface area contributed by atoms with Gasteiger partial charge in [0, 0.05) is 31.4 Å². The van der Waals surface area contributed by atoms with Gasteiger partial charge >= 0.3 is 0 Å². The van der Waals surface area contributed by atoms with Crippen LogP contribution < -0.4 is 5.56 Å². The molecule has 0 radical (unpaired) electrons. The molecule has 140 valence electrons. The molecule has 1 aliphatic heterocycles. The molecule has 1 saturated heterocycles. The fraction of sp³-hybridized carbons (Fsp3) is 0.667. The van der Waals surface area contributed by atoms with Gasteiger partial charge in [-0.25, -0.2) is 9.97 Å². The number of pyridine rings is 1. The zero-order valence-electron chi connectivity index (χ0n) is 15.9. The van der Waals surface area contributed by atoms with Gasteiger partial charge in [-0.15, -0.1) is 0 Å². The quantitative estimate of drug-likeness (QED) is 0.822. The molecule has 2 aromatic heterocycles. The topological polar surface area (TPSA) is 51.0 Å². The maximum Gasteiger partial charge on any atom is 0.272 e. The smallest absolute Gasteiger partial charge is 0.272 e. The molecule has 0 amide bonds. The van der Waals surface area contributed by atoms with E-state index in [4.69, 9.17) is 0 Å². The third-order valence-electron chi connectivity index (χ3n) is 6.28. The second kappa shape index (κ2) is 7.87. The second-order valence-corrected chi connectivity index (χ2v) is 7.98. The highest BCUT2D eigenvalue weighted by atomic mass is 16.1. The summed E-state index contributed by atoms with van der Waals surface area (Å²) >= 11 is 0. The normalized spacial score (nSPS) is 21.6. The number of hydrogen-bond acceptors (Lipinski definition) is 4. The minimum absolute atomic E-state index is 0.0508. The highest BCUT2D eigenvalue weighted by molar-refractivity contribution is 5.70. The molecular formula is C21H30N4O. The largest absolute Gasteiger partial charge is 0.301 e. The lowest BCUT2D eigenvalue weighted by atomic mass is 9.93. The molecule has 0 atom stereocenters. The molecule has 0 spiro atoms. The van der Waals surface area contributed by atoms with Crippen molar-refractivity contribution in [1.82, 2.24) is 19.4 Å². The summed E-state index contributed by atoms with van der Waals surface area (Å²) in [6.07, 6.45) is 13.5. The van der Waals surface area contributed by atoms with Gasteiger partial charge in [-0.3, -0.25) is 4.79 Å².